The molecule has 1 fully saturated rings. The Morgan fingerprint density at radius 1 is 0.709 bits per heavy atom. The minimum Gasteiger partial charge on any atom is -0.391 e. The number of primary sulfonamides is 1. The minimum absolute atomic E-state index is 0.0374. The fraction of sp³-hybridized carbons (Fsp3) is 0.478. The average Bonchev–Trinajstić information content (AvgIpc) is 1.47. The number of nitrogens with two attached hydrogens (primary N) is 6. The number of aryl methyl sites for hydroxylation is 3. The summed E-state index contributed by atoms with van der Waals surface area (Å²) >= 11 is 0. The van der Waals surface area contributed by atoms with E-state index in [1.807, 2.05) is 32.2 Å². The predicted molar refractivity (Wildman–Crippen MR) is 383 cm³/mol. The molecule has 5 aromatic rings. The Morgan fingerprint density at radius 2 is 1.27 bits per heavy atom. The lowest BCUT2D eigenvalue weighted by atomic mass is 9.99. The lowest BCUT2D eigenvalue weighted by Crippen LogP contribution is -2.61. The van der Waals surface area contributed by atoms with E-state index in [0.717, 1.165) is 21.5 Å². The second kappa shape index (κ2) is 37.8. The zero-order chi connectivity index (χ0) is 76.2. The highest BCUT2D eigenvalue weighted by atomic mass is 32.2. The molecule has 2 aromatic heterocycles. The Morgan fingerprint density at radius 3 is 1.84 bits per heavy atom. The van der Waals surface area contributed by atoms with Gasteiger partial charge in [-0.05, 0) is 157 Å². The number of hydrogen-bond acceptors (Lipinski definition) is 23. The summed E-state index contributed by atoms with van der Waals surface area (Å²) in [5.41, 5.74) is 33.1. The number of amides is 10. The maximum Gasteiger partial charge on any atom is 0.257 e. The van der Waals surface area contributed by atoms with Crippen molar-refractivity contribution >= 4 is 109 Å². The molecule has 103 heavy (non-hydrogen) atoms. The molecule has 0 aliphatic carbocycles. The Kier molecular flexibility index (Phi) is 30.1. The maximum absolute atomic E-state index is 15.0. The number of aromatic nitrogens is 4. The normalized spacial score (nSPS) is 20.6. The Labute approximate surface area is 596 Å². The Hall–Kier alpha value is -9.92. The summed E-state index contributed by atoms with van der Waals surface area (Å²) in [6.45, 7) is 8.22. The van der Waals surface area contributed by atoms with Gasteiger partial charge in [0.2, 0.25) is 69.1 Å². The van der Waals surface area contributed by atoms with E-state index in [0.29, 0.717) is 28.2 Å². The Bertz CT molecular complexity index is 4000. The number of nitrogens with zero attached hydrogens (tertiary/aromatic N) is 6. The molecule has 1 aliphatic rings. The van der Waals surface area contributed by atoms with Crippen molar-refractivity contribution in [3.63, 3.8) is 0 Å². The number of aliphatic hydroxyl groups is 2. The molecule has 560 valence electrons. The van der Waals surface area contributed by atoms with E-state index >= 15 is 0 Å². The molecular formula is C67H97N21O14S. The third-order valence-corrected chi connectivity index (χ3v) is 18.1. The zero-order valence-corrected chi connectivity index (χ0v) is 59.7. The molecule has 0 spiro atoms. The summed E-state index contributed by atoms with van der Waals surface area (Å²) in [5, 5.41) is 55.0. The second-order valence-electron chi connectivity index (χ2n) is 25.6. The number of carbonyl (C=O) groups excluding carboxylic acids is 10. The van der Waals surface area contributed by atoms with Gasteiger partial charge in [0.05, 0.1) is 28.3 Å². The van der Waals surface area contributed by atoms with Gasteiger partial charge in [-0.25, -0.2) is 23.4 Å². The number of benzene rings is 3. The molecule has 0 bridgehead atoms. The van der Waals surface area contributed by atoms with Crippen LogP contribution in [0.1, 0.15) is 88.6 Å². The number of carbonyl (C=O) groups is 10. The number of anilines is 4. The molecule has 0 saturated carbocycles. The van der Waals surface area contributed by atoms with Crippen LogP contribution in [0, 0.1) is 19.8 Å². The summed E-state index contributed by atoms with van der Waals surface area (Å²) < 4.78 is 27.5. The molecule has 1 aliphatic heterocycles. The van der Waals surface area contributed by atoms with Crippen LogP contribution in [-0.4, -0.2) is 204 Å². The van der Waals surface area contributed by atoms with Crippen LogP contribution in [0.5, 0.6) is 0 Å². The molecule has 3 heterocycles. The number of rotatable bonds is 25. The molecule has 1 saturated heterocycles. The molecular weight excluding hydrogens is 1350 g/mol. The van der Waals surface area contributed by atoms with Gasteiger partial charge in [0.1, 0.15) is 60.2 Å². The van der Waals surface area contributed by atoms with E-state index in [1.54, 1.807) is 67.7 Å². The Balaban J connectivity index is 1.39. The van der Waals surface area contributed by atoms with Crippen LogP contribution in [0.2, 0.25) is 0 Å². The number of fused-ring (bicyclic) bond motifs is 1. The van der Waals surface area contributed by atoms with Gasteiger partial charge in [-0.2, -0.15) is 10.1 Å². The van der Waals surface area contributed by atoms with Gasteiger partial charge in [-0.1, -0.05) is 44.2 Å². The monoisotopic (exact) mass is 1450 g/mol. The van der Waals surface area contributed by atoms with Crippen LogP contribution in [-0.2, 0) is 71.4 Å². The van der Waals surface area contributed by atoms with Crippen molar-refractivity contribution in [1.29, 1.82) is 0 Å². The summed E-state index contributed by atoms with van der Waals surface area (Å²) in [5.74, 6) is -9.47. The van der Waals surface area contributed by atoms with Crippen LogP contribution in [0.15, 0.2) is 83.9 Å². The third-order valence-electron chi connectivity index (χ3n) is 17.0. The number of hydrogen-bond donors (Lipinski definition) is 17. The first-order chi connectivity index (χ1) is 48.7. The molecule has 36 heteroatoms. The fourth-order valence-electron chi connectivity index (χ4n) is 11.1. The molecule has 3 aromatic carbocycles. The molecule has 6 rings (SSSR count). The predicted octanol–water partition coefficient (Wildman–Crippen LogP) is -3.76. The van der Waals surface area contributed by atoms with Crippen molar-refractivity contribution in [1.82, 2.24) is 67.6 Å². The standard InChI is InChI=1S/C67H97N21O14S/c1-35(2)31-51-63(97)78-45(19-25-68)58(92)77-48(22-28-71)62(96)84-57(39(6)90)66(100)74-29-23-49(79-59(93)47(21-27-70)80-65(99)56(72)38(5)89)61(95)76-46(20-26-69)60(94)82-52(64(98)81-51)32-41-12-10-40(11-13-41)14-18-55(91)88(43-15-9-36(3)53(34-43)103(73,101)102)67-75-30-24-54(83-67)86(7)42-16-17-44-37(4)87(8)85-50(44)33-42/h9-18,24,30,33-35,38-39,45-49,51-52,56-57,89-90H,19-23,25-29,31-32,68-72H2,1-8H3,(H,74,100)(H,76,95)(H,77,92)(H,78,97)(H,79,93)(H,80,99)(H,81,98)(H,82,94)(H,84,96)(H2,73,101,102)/b18-14+/t38-,39-,45+,46?,47+,48+,49+,51+,52-,56+,57+/m1/s1. The van der Waals surface area contributed by atoms with Gasteiger partial charge >= 0.3 is 0 Å². The van der Waals surface area contributed by atoms with Gasteiger partial charge in [0.15, 0.2) is 0 Å². The van der Waals surface area contributed by atoms with E-state index in [9.17, 15) is 66.6 Å². The second-order valence-corrected chi connectivity index (χ2v) is 27.1. The lowest BCUT2D eigenvalue weighted by molar-refractivity contribution is -0.136. The quantitative estimate of drug-likeness (QED) is 0.0250. The SMILES string of the molecule is Cc1ccc(N(C(=O)/C=C/c2ccc(C[C@H]3NC(=O)C(CCN)NC(=O)[C@@H](NC(=O)[C@H](CCN)NC(=O)[C@@H](N)[C@@H](C)O)CCNC(=O)[C@H]([C@@H](C)O)NC(=O)[C@H](CCN)NC(=O)[C@H](CCN)NC(=O)[C@H](CC(C)C)NC3=O)cc2)c2nccc(N(C)c3ccc4c(C)n(C)nc4c3)n2)cc1S(N)(=O)=O. The lowest BCUT2D eigenvalue weighted by Gasteiger charge is -2.28. The van der Waals surface area contributed by atoms with E-state index in [1.165, 1.54) is 50.4 Å². The van der Waals surface area contributed by atoms with Gasteiger partial charge in [-0.3, -0.25) is 52.6 Å². The largest absolute Gasteiger partial charge is 0.391 e. The summed E-state index contributed by atoms with van der Waals surface area (Å²) in [6, 6.07) is 4.13. The summed E-state index contributed by atoms with van der Waals surface area (Å²) in [4.78, 5) is 154. The third kappa shape index (κ3) is 22.8. The first-order valence-corrected chi connectivity index (χ1v) is 35.1. The molecule has 11 atom stereocenters. The molecule has 1 unspecified atom stereocenters. The van der Waals surface area contributed by atoms with E-state index in [2.05, 4.69) is 57.9 Å². The van der Waals surface area contributed by atoms with Gasteiger partial charge < -0.3 is 91.6 Å². The highest BCUT2D eigenvalue weighted by Gasteiger charge is 2.37. The first kappa shape index (κ1) is 82.0. The van der Waals surface area contributed by atoms with Crippen LogP contribution in [0.4, 0.5) is 23.1 Å². The summed E-state index contributed by atoms with van der Waals surface area (Å²) in [6.07, 6.45) is -0.537. The maximum atomic E-state index is 15.0. The van der Waals surface area contributed by atoms with E-state index < -0.39 is 149 Å². The molecule has 23 N–H and O–H groups in total. The van der Waals surface area contributed by atoms with Crippen molar-refractivity contribution in [3.05, 3.63) is 101 Å². The highest BCUT2D eigenvalue weighted by Crippen LogP contribution is 2.32. The molecule has 35 nitrogen and oxygen atoms in total. The van der Waals surface area contributed by atoms with Crippen molar-refractivity contribution in [3.8, 4) is 0 Å². The minimum atomic E-state index is -4.30. The number of aliphatic hydroxyl groups excluding tert-OH is 2. The van der Waals surface area contributed by atoms with Gasteiger partial charge in [0, 0.05) is 56.1 Å². The topological polar surface area (TPSA) is 560 Å². The number of sulfonamides is 1. The van der Waals surface area contributed by atoms with Crippen molar-refractivity contribution < 1.29 is 66.6 Å². The average molecular weight is 1450 g/mol. The van der Waals surface area contributed by atoms with E-state index in [-0.39, 0.29) is 87.2 Å². The van der Waals surface area contributed by atoms with Crippen LogP contribution >= 0.6 is 0 Å². The van der Waals surface area contributed by atoms with Crippen LogP contribution in [0.3, 0.4) is 0 Å². The zero-order valence-electron chi connectivity index (χ0n) is 58.8. The van der Waals surface area contributed by atoms with Gasteiger partial charge in [-0.15, -0.1) is 0 Å². The smallest absolute Gasteiger partial charge is 0.257 e. The summed E-state index contributed by atoms with van der Waals surface area (Å²) in [7, 11) is -0.699. The van der Waals surface area contributed by atoms with Crippen molar-refractivity contribution in [2.75, 3.05) is 49.6 Å². The fourth-order valence-corrected chi connectivity index (χ4v) is 11.9. The van der Waals surface area contributed by atoms with Crippen molar-refractivity contribution in [2.24, 2.45) is 46.8 Å². The van der Waals surface area contributed by atoms with Crippen molar-refractivity contribution in [2.45, 2.75) is 158 Å². The highest BCUT2D eigenvalue weighted by molar-refractivity contribution is 7.89. The van der Waals surface area contributed by atoms with Gasteiger partial charge in [0.25, 0.3) is 5.91 Å². The molecule has 0 radical (unpaired) electrons. The first-order valence-electron chi connectivity index (χ1n) is 33.6. The van der Waals surface area contributed by atoms with Crippen LogP contribution < -0.4 is 91.5 Å². The molecule has 10 amide bonds. The van der Waals surface area contributed by atoms with E-state index in [4.69, 9.17) is 38.8 Å². The number of nitrogens with one attached hydrogen (secondary N) is 9. The van der Waals surface area contributed by atoms with Crippen LogP contribution in [0.25, 0.3) is 17.0 Å².